The Morgan fingerprint density at radius 1 is 1.04 bits per heavy atom. The van der Waals surface area contributed by atoms with Crippen LogP contribution in [0.3, 0.4) is 0 Å². The number of carbonyl (C=O) groups excluding carboxylic acids is 1. The normalized spacial score (nSPS) is 17.4. The molecule has 0 bridgehead atoms. The molecule has 2 heterocycles. The quantitative estimate of drug-likeness (QED) is 0.873. The number of cyclic esters (lactones) is 1. The van der Waals surface area contributed by atoms with Gasteiger partial charge in [0.1, 0.15) is 6.61 Å². The SMILES string of the molecule is CC(NCc1ccc2c(c1)OCCCO2)c1cccc(N2CCOC2=O)c1. The van der Waals surface area contributed by atoms with Crippen LogP contribution in [0.2, 0.25) is 0 Å². The smallest absolute Gasteiger partial charge is 0.414 e. The number of benzene rings is 2. The summed E-state index contributed by atoms with van der Waals surface area (Å²) in [4.78, 5) is 13.4. The second-order valence-electron chi connectivity index (χ2n) is 6.80. The fourth-order valence-electron chi connectivity index (χ4n) is 3.30. The minimum absolute atomic E-state index is 0.138. The maximum Gasteiger partial charge on any atom is 0.414 e. The largest absolute Gasteiger partial charge is 0.490 e. The molecule has 27 heavy (non-hydrogen) atoms. The average Bonchev–Trinajstić information content (AvgIpc) is 2.98. The van der Waals surface area contributed by atoms with Crippen molar-refractivity contribution in [2.45, 2.75) is 25.9 Å². The van der Waals surface area contributed by atoms with Crippen LogP contribution in [0, 0.1) is 0 Å². The molecule has 0 radical (unpaired) electrons. The van der Waals surface area contributed by atoms with E-state index in [1.807, 2.05) is 30.3 Å². The molecule has 4 rings (SSSR count). The van der Waals surface area contributed by atoms with Gasteiger partial charge in [0.15, 0.2) is 11.5 Å². The van der Waals surface area contributed by atoms with Gasteiger partial charge < -0.3 is 19.5 Å². The van der Waals surface area contributed by atoms with Crippen LogP contribution in [-0.2, 0) is 11.3 Å². The molecule has 0 aromatic heterocycles. The molecule has 1 fully saturated rings. The first kappa shape index (κ1) is 17.7. The molecule has 0 aliphatic carbocycles. The Bertz CT molecular complexity index is 824. The maximum atomic E-state index is 11.8. The van der Waals surface area contributed by atoms with Crippen LogP contribution in [0.25, 0.3) is 0 Å². The van der Waals surface area contributed by atoms with Gasteiger partial charge in [-0.3, -0.25) is 4.90 Å². The van der Waals surface area contributed by atoms with E-state index >= 15 is 0 Å². The highest BCUT2D eigenvalue weighted by atomic mass is 16.6. The first-order valence-electron chi connectivity index (χ1n) is 9.37. The molecule has 1 atom stereocenters. The number of ether oxygens (including phenoxy) is 3. The van der Waals surface area contributed by atoms with Gasteiger partial charge in [-0.2, -0.15) is 0 Å². The van der Waals surface area contributed by atoms with E-state index in [0.717, 1.165) is 34.7 Å². The van der Waals surface area contributed by atoms with Crippen molar-refractivity contribution in [3.63, 3.8) is 0 Å². The average molecular weight is 368 g/mol. The zero-order valence-corrected chi connectivity index (χ0v) is 15.4. The van der Waals surface area contributed by atoms with Gasteiger partial charge in [-0.1, -0.05) is 18.2 Å². The highest BCUT2D eigenvalue weighted by molar-refractivity contribution is 5.89. The van der Waals surface area contributed by atoms with Crippen molar-refractivity contribution in [2.24, 2.45) is 0 Å². The summed E-state index contributed by atoms with van der Waals surface area (Å²) in [6.07, 6.45) is 0.625. The molecular weight excluding hydrogens is 344 g/mol. The van der Waals surface area contributed by atoms with E-state index in [1.54, 1.807) is 4.90 Å². The van der Waals surface area contributed by atoms with Crippen LogP contribution < -0.4 is 19.7 Å². The van der Waals surface area contributed by atoms with Gasteiger partial charge >= 0.3 is 6.09 Å². The molecule has 6 heteroatoms. The molecule has 2 aliphatic rings. The molecule has 1 N–H and O–H groups in total. The van der Waals surface area contributed by atoms with Crippen LogP contribution in [0.15, 0.2) is 42.5 Å². The summed E-state index contributed by atoms with van der Waals surface area (Å²) in [7, 11) is 0. The van der Waals surface area contributed by atoms with Crippen molar-refractivity contribution in [3.05, 3.63) is 53.6 Å². The number of rotatable bonds is 5. The molecule has 1 amide bonds. The summed E-state index contributed by atoms with van der Waals surface area (Å²) >= 11 is 0. The third-order valence-corrected chi connectivity index (χ3v) is 4.87. The van der Waals surface area contributed by atoms with Crippen molar-refractivity contribution in [1.82, 2.24) is 5.32 Å². The molecule has 1 saturated heterocycles. The lowest BCUT2D eigenvalue weighted by molar-refractivity contribution is 0.181. The van der Waals surface area contributed by atoms with Crippen molar-refractivity contribution in [2.75, 3.05) is 31.3 Å². The van der Waals surface area contributed by atoms with Crippen LogP contribution >= 0.6 is 0 Å². The first-order chi connectivity index (χ1) is 13.2. The van der Waals surface area contributed by atoms with Gasteiger partial charge in [0, 0.05) is 24.7 Å². The maximum absolute atomic E-state index is 11.8. The van der Waals surface area contributed by atoms with Crippen molar-refractivity contribution >= 4 is 11.8 Å². The Morgan fingerprint density at radius 2 is 1.89 bits per heavy atom. The molecular formula is C21H24N2O4. The second-order valence-corrected chi connectivity index (χ2v) is 6.80. The number of hydrogen-bond donors (Lipinski definition) is 1. The number of amides is 1. The lowest BCUT2D eigenvalue weighted by atomic mass is 10.1. The minimum Gasteiger partial charge on any atom is -0.490 e. The third kappa shape index (κ3) is 4.01. The number of hydrogen-bond acceptors (Lipinski definition) is 5. The second kappa shape index (κ2) is 7.88. The molecule has 2 aliphatic heterocycles. The minimum atomic E-state index is -0.278. The number of anilines is 1. The number of carbonyl (C=O) groups is 1. The van der Waals surface area contributed by atoms with Crippen LogP contribution in [0.4, 0.5) is 10.5 Å². The number of fused-ring (bicyclic) bond motifs is 1. The van der Waals surface area contributed by atoms with Gasteiger partial charge in [0.05, 0.1) is 19.8 Å². The first-order valence-corrected chi connectivity index (χ1v) is 9.37. The van der Waals surface area contributed by atoms with E-state index in [9.17, 15) is 4.79 Å². The molecule has 2 aromatic rings. The lowest BCUT2D eigenvalue weighted by Crippen LogP contribution is -2.24. The lowest BCUT2D eigenvalue weighted by Gasteiger charge is -2.18. The monoisotopic (exact) mass is 368 g/mol. The van der Waals surface area contributed by atoms with Gasteiger partial charge in [-0.15, -0.1) is 0 Å². The number of nitrogens with one attached hydrogen (secondary N) is 1. The third-order valence-electron chi connectivity index (χ3n) is 4.87. The van der Waals surface area contributed by atoms with E-state index < -0.39 is 0 Å². The van der Waals surface area contributed by atoms with Crippen LogP contribution in [-0.4, -0.2) is 32.5 Å². The summed E-state index contributed by atoms with van der Waals surface area (Å²) in [5, 5.41) is 3.54. The van der Waals surface area contributed by atoms with E-state index in [2.05, 4.69) is 24.4 Å². The fourth-order valence-corrected chi connectivity index (χ4v) is 3.30. The zero-order chi connectivity index (χ0) is 18.6. The molecule has 142 valence electrons. The summed E-state index contributed by atoms with van der Waals surface area (Å²) in [5.74, 6) is 1.63. The zero-order valence-electron chi connectivity index (χ0n) is 15.4. The standard InChI is InChI=1S/C21H24N2O4/c1-15(17-4-2-5-18(13-17)23-8-11-27-21(23)24)22-14-16-6-7-19-20(12-16)26-10-3-9-25-19/h2,4-7,12-13,15,22H,3,8-11,14H2,1H3. The van der Waals surface area contributed by atoms with Crippen molar-refractivity contribution < 1.29 is 19.0 Å². The molecule has 0 saturated carbocycles. The summed E-state index contributed by atoms with van der Waals surface area (Å²) in [6.45, 7) is 5.26. The van der Waals surface area contributed by atoms with Crippen LogP contribution in [0.5, 0.6) is 11.5 Å². The predicted octanol–water partition coefficient (Wildman–Crippen LogP) is 3.66. The van der Waals surface area contributed by atoms with Crippen molar-refractivity contribution in [1.29, 1.82) is 0 Å². The Hall–Kier alpha value is -2.73. The van der Waals surface area contributed by atoms with Crippen molar-refractivity contribution in [3.8, 4) is 11.5 Å². The Kier molecular flexibility index (Phi) is 5.16. The Morgan fingerprint density at radius 3 is 2.70 bits per heavy atom. The van der Waals surface area contributed by atoms with E-state index in [0.29, 0.717) is 32.9 Å². The van der Waals surface area contributed by atoms with Gasteiger partial charge in [0.25, 0.3) is 0 Å². The Labute approximate surface area is 159 Å². The molecule has 2 aromatic carbocycles. The fraction of sp³-hybridized carbons (Fsp3) is 0.381. The van der Waals surface area contributed by atoms with E-state index in [-0.39, 0.29) is 12.1 Å². The van der Waals surface area contributed by atoms with Crippen LogP contribution in [0.1, 0.15) is 30.5 Å². The summed E-state index contributed by atoms with van der Waals surface area (Å²) in [5.41, 5.74) is 3.14. The Balaban J connectivity index is 1.41. The molecule has 6 nitrogen and oxygen atoms in total. The van der Waals surface area contributed by atoms with Gasteiger partial charge in [-0.05, 0) is 42.3 Å². The summed E-state index contributed by atoms with van der Waals surface area (Å²) < 4.78 is 16.5. The molecule has 0 spiro atoms. The molecule has 1 unspecified atom stereocenters. The highest BCUT2D eigenvalue weighted by Crippen LogP contribution is 2.30. The van der Waals surface area contributed by atoms with E-state index in [4.69, 9.17) is 14.2 Å². The topological polar surface area (TPSA) is 60.0 Å². The van der Waals surface area contributed by atoms with E-state index in [1.165, 1.54) is 0 Å². The summed E-state index contributed by atoms with van der Waals surface area (Å²) in [6, 6.07) is 14.2. The predicted molar refractivity (Wildman–Crippen MR) is 102 cm³/mol. The number of nitrogens with zero attached hydrogens (tertiary/aromatic N) is 1. The van der Waals surface area contributed by atoms with Gasteiger partial charge in [-0.25, -0.2) is 4.79 Å². The van der Waals surface area contributed by atoms with Gasteiger partial charge in [0.2, 0.25) is 0 Å². The highest BCUT2D eigenvalue weighted by Gasteiger charge is 2.23.